The van der Waals surface area contributed by atoms with Crippen LogP contribution in [0.15, 0.2) is 29.1 Å². The van der Waals surface area contributed by atoms with E-state index in [0.717, 1.165) is 48.5 Å². The molecular weight excluding hydrogens is 286 g/mol. The molecule has 23 heavy (non-hydrogen) atoms. The molecule has 0 bridgehead atoms. The summed E-state index contributed by atoms with van der Waals surface area (Å²) in [5, 5.41) is 0. The summed E-state index contributed by atoms with van der Waals surface area (Å²) in [6.45, 7) is 5.08. The highest BCUT2D eigenvalue weighted by atomic mass is 16.1. The summed E-state index contributed by atoms with van der Waals surface area (Å²) >= 11 is 0. The number of aromatic amines is 1. The SMILES string of the molecule is CCC1(CC)Cc2ccccc2-c2nc(C[NH+](C)C)[nH]c(=O)c21. The summed E-state index contributed by atoms with van der Waals surface area (Å²) in [6, 6.07) is 8.39. The van der Waals surface area contributed by atoms with Crippen molar-refractivity contribution in [2.24, 2.45) is 0 Å². The zero-order valence-corrected chi connectivity index (χ0v) is 14.5. The lowest BCUT2D eigenvalue weighted by Gasteiger charge is -2.37. The predicted octanol–water partition coefficient (Wildman–Crippen LogP) is 1.70. The first-order chi connectivity index (χ1) is 11.0. The highest BCUT2D eigenvalue weighted by Crippen LogP contribution is 2.44. The minimum atomic E-state index is -0.103. The number of rotatable bonds is 4. The van der Waals surface area contributed by atoms with E-state index in [0.29, 0.717) is 0 Å². The average molecular weight is 312 g/mol. The van der Waals surface area contributed by atoms with Gasteiger partial charge in [-0.3, -0.25) is 4.79 Å². The van der Waals surface area contributed by atoms with Crippen molar-refractivity contribution < 1.29 is 4.90 Å². The van der Waals surface area contributed by atoms with E-state index in [1.807, 2.05) is 6.07 Å². The summed E-state index contributed by atoms with van der Waals surface area (Å²) in [4.78, 5) is 22.1. The number of nitrogens with one attached hydrogen (secondary N) is 2. The highest BCUT2D eigenvalue weighted by Gasteiger charge is 2.39. The van der Waals surface area contributed by atoms with Gasteiger partial charge in [-0.15, -0.1) is 0 Å². The van der Waals surface area contributed by atoms with Crippen LogP contribution in [0.5, 0.6) is 0 Å². The second kappa shape index (κ2) is 5.93. The van der Waals surface area contributed by atoms with Crippen molar-refractivity contribution in [3.05, 3.63) is 51.6 Å². The van der Waals surface area contributed by atoms with Gasteiger partial charge in [0, 0.05) is 11.0 Å². The smallest absolute Gasteiger partial charge is 0.255 e. The van der Waals surface area contributed by atoms with E-state index in [9.17, 15) is 4.79 Å². The Labute approximate surface area is 137 Å². The van der Waals surface area contributed by atoms with Crippen LogP contribution in [0.1, 0.15) is 43.6 Å². The number of benzene rings is 1. The molecule has 0 fully saturated rings. The fraction of sp³-hybridized carbons (Fsp3) is 0.474. The van der Waals surface area contributed by atoms with Gasteiger partial charge >= 0.3 is 0 Å². The lowest BCUT2D eigenvalue weighted by molar-refractivity contribution is -0.873. The van der Waals surface area contributed by atoms with Crippen molar-refractivity contribution in [1.82, 2.24) is 9.97 Å². The molecule has 0 unspecified atom stereocenters. The van der Waals surface area contributed by atoms with Crippen LogP contribution in [0.4, 0.5) is 0 Å². The maximum atomic E-state index is 12.9. The number of nitrogens with zero attached hydrogens (tertiary/aromatic N) is 1. The van der Waals surface area contributed by atoms with E-state index in [1.54, 1.807) is 0 Å². The molecule has 0 radical (unpaired) electrons. The van der Waals surface area contributed by atoms with Crippen LogP contribution in [0.25, 0.3) is 11.3 Å². The Morgan fingerprint density at radius 2 is 1.91 bits per heavy atom. The average Bonchev–Trinajstić information content (AvgIpc) is 2.53. The quantitative estimate of drug-likeness (QED) is 0.903. The lowest BCUT2D eigenvalue weighted by Crippen LogP contribution is -3.04. The third kappa shape index (κ3) is 2.61. The lowest BCUT2D eigenvalue weighted by atomic mass is 9.66. The summed E-state index contributed by atoms with van der Waals surface area (Å²) < 4.78 is 0. The van der Waals surface area contributed by atoms with Crippen molar-refractivity contribution in [2.45, 2.75) is 45.1 Å². The molecule has 0 atom stereocenters. The molecule has 4 nitrogen and oxygen atoms in total. The van der Waals surface area contributed by atoms with Crippen LogP contribution >= 0.6 is 0 Å². The first-order valence-electron chi connectivity index (χ1n) is 8.51. The van der Waals surface area contributed by atoms with Gasteiger partial charge < -0.3 is 9.88 Å². The molecular formula is C19H26N3O+. The van der Waals surface area contributed by atoms with E-state index in [-0.39, 0.29) is 11.0 Å². The monoisotopic (exact) mass is 312 g/mol. The molecule has 0 amide bonds. The van der Waals surface area contributed by atoms with E-state index >= 15 is 0 Å². The van der Waals surface area contributed by atoms with Gasteiger partial charge in [0.25, 0.3) is 5.56 Å². The minimum Gasteiger partial charge on any atom is -0.334 e. The van der Waals surface area contributed by atoms with Crippen LogP contribution in [-0.4, -0.2) is 24.1 Å². The van der Waals surface area contributed by atoms with Gasteiger partial charge in [-0.2, -0.15) is 0 Å². The van der Waals surface area contributed by atoms with E-state index in [4.69, 9.17) is 4.98 Å². The molecule has 2 N–H and O–H groups in total. The molecule has 1 aliphatic rings. The third-order valence-electron chi connectivity index (χ3n) is 5.17. The molecule has 4 heteroatoms. The maximum absolute atomic E-state index is 12.9. The Hall–Kier alpha value is -1.94. The molecule has 1 aliphatic carbocycles. The second-order valence-corrected chi connectivity index (χ2v) is 6.94. The molecule has 0 spiro atoms. The second-order valence-electron chi connectivity index (χ2n) is 6.94. The van der Waals surface area contributed by atoms with E-state index < -0.39 is 0 Å². The van der Waals surface area contributed by atoms with Gasteiger partial charge in [0.15, 0.2) is 5.82 Å². The molecule has 122 valence electrons. The van der Waals surface area contributed by atoms with Crippen molar-refractivity contribution in [3.63, 3.8) is 0 Å². The molecule has 1 aromatic heterocycles. The summed E-state index contributed by atoms with van der Waals surface area (Å²) in [5.41, 5.74) is 4.16. The topological polar surface area (TPSA) is 50.2 Å². The summed E-state index contributed by atoms with van der Waals surface area (Å²) in [7, 11) is 4.13. The number of quaternary nitrogens is 1. The minimum absolute atomic E-state index is 0.0458. The number of hydrogen-bond acceptors (Lipinski definition) is 2. The van der Waals surface area contributed by atoms with Crippen LogP contribution < -0.4 is 10.5 Å². The van der Waals surface area contributed by atoms with Crippen LogP contribution in [0.2, 0.25) is 0 Å². The van der Waals surface area contributed by atoms with E-state index in [1.165, 1.54) is 10.5 Å². The first-order valence-corrected chi connectivity index (χ1v) is 8.51. The van der Waals surface area contributed by atoms with Gasteiger partial charge in [0.1, 0.15) is 6.54 Å². The fourth-order valence-corrected chi connectivity index (χ4v) is 3.84. The van der Waals surface area contributed by atoms with Crippen LogP contribution in [0, 0.1) is 0 Å². The van der Waals surface area contributed by atoms with Crippen LogP contribution in [0.3, 0.4) is 0 Å². The first kappa shape index (κ1) is 15.9. The van der Waals surface area contributed by atoms with Gasteiger partial charge in [-0.1, -0.05) is 38.1 Å². The van der Waals surface area contributed by atoms with Gasteiger partial charge in [0.2, 0.25) is 0 Å². The van der Waals surface area contributed by atoms with Crippen molar-refractivity contribution in [2.75, 3.05) is 14.1 Å². The largest absolute Gasteiger partial charge is 0.334 e. The van der Waals surface area contributed by atoms with Crippen molar-refractivity contribution >= 4 is 0 Å². The van der Waals surface area contributed by atoms with Crippen molar-refractivity contribution in [3.8, 4) is 11.3 Å². The van der Waals surface area contributed by atoms with Crippen molar-refractivity contribution in [1.29, 1.82) is 0 Å². The third-order valence-corrected chi connectivity index (χ3v) is 5.17. The van der Waals surface area contributed by atoms with Crippen LogP contribution in [-0.2, 0) is 18.4 Å². The highest BCUT2D eigenvalue weighted by molar-refractivity contribution is 5.71. The number of H-pyrrole nitrogens is 1. The molecule has 0 saturated heterocycles. The molecule has 1 heterocycles. The van der Waals surface area contributed by atoms with Gasteiger partial charge in [0.05, 0.1) is 25.4 Å². The fourth-order valence-electron chi connectivity index (χ4n) is 3.84. The normalized spacial score (nSPS) is 15.3. The predicted molar refractivity (Wildman–Crippen MR) is 92.8 cm³/mol. The Kier molecular flexibility index (Phi) is 4.11. The number of aromatic nitrogens is 2. The zero-order chi connectivity index (χ0) is 16.6. The van der Waals surface area contributed by atoms with Gasteiger partial charge in [-0.25, -0.2) is 4.98 Å². The summed E-state index contributed by atoms with van der Waals surface area (Å²) in [5.74, 6) is 0.770. The summed E-state index contributed by atoms with van der Waals surface area (Å²) in [6.07, 6.45) is 2.83. The molecule has 0 saturated carbocycles. The maximum Gasteiger partial charge on any atom is 0.255 e. The number of hydrogen-bond donors (Lipinski definition) is 2. The zero-order valence-electron chi connectivity index (χ0n) is 14.5. The number of fused-ring (bicyclic) bond motifs is 3. The Morgan fingerprint density at radius 1 is 1.22 bits per heavy atom. The Bertz CT molecular complexity index is 772. The Morgan fingerprint density at radius 3 is 2.57 bits per heavy atom. The molecule has 0 aliphatic heterocycles. The molecule has 3 rings (SSSR count). The molecule has 2 aromatic rings. The van der Waals surface area contributed by atoms with E-state index in [2.05, 4.69) is 51.1 Å². The van der Waals surface area contributed by atoms with Gasteiger partial charge in [-0.05, 0) is 24.8 Å². The Balaban J connectivity index is 2.30. The molecule has 1 aromatic carbocycles. The standard InChI is InChI=1S/C19H25N3O/c1-5-19(6-2)11-13-9-7-8-10-14(13)17-16(19)18(23)21-15(20-17)12-22(3)4/h7-10H,5-6,11-12H2,1-4H3,(H,20,21,23)/p+1.